The zero-order valence-corrected chi connectivity index (χ0v) is 21.0. The normalized spacial score (nSPS) is 11.9. The van der Waals surface area contributed by atoms with Gasteiger partial charge in [0, 0.05) is 37.8 Å². The van der Waals surface area contributed by atoms with Gasteiger partial charge in [0.15, 0.2) is 0 Å². The number of rotatable bonds is 4. The third-order valence-corrected chi connectivity index (χ3v) is 8.95. The maximum atomic E-state index is 3.80. The van der Waals surface area contributed by atoms with Gasteiger partial charge in [0.1, 0.15) is 0 Å². The lowest BCUT2D eigenvalue weighted by Gasteiger charge is -2.15. The van der Waals surface area contributed by atoms with Gasteiger partial charge in [-0.2, -0.15) is 0 Å². The Labute approximate surface area is 219 Å². The molecule has 1 heterocycles. The Morgan fingerprint density at radius 1 is 0.459 bits per heavy atom. The highest BCUT2D eigenvalue weighted by Gasteiger charge is 2.22. The van der Waals surface area contributed by atoms with Crippen LogP contribution >= 0.6 is 11.3 Å². The van der Waals surface area contributed by atoms with E-state index in [1.165, 1.54) is 75.6 Å². The Morgan fingerprint density at radius 2 is 1.08 bits per heavy atom. The van der Waals surface area contributed by atoms with Crippen LogP contribution in [0, 0.1) is 0 Å². The average Bonchev–Trinajstić information content (AvgIpc) is 3.50. The molecule has 1 aliphatic rings. The van der Waals surface area contributed by atoms with Gasteiger partial charge >= 0.3 is 0 Å². The maximum absolute atomic E-state index is 3.80. The highest BCUT2D eigenvalue weighted by Crippen LogP contribution is 2.48. The van der Waals surface area contributed by atoms with Crippen LogP contribution in [0.3, 0.4) is 0 Å². The van der Waals surface area contributed by atoms with Crippen molar-refractivity contribution in [1.82, 2.24) is 0 Å². The molecule has 0 amide bonds. The summed E-state index contributed by atoms with van der Waals surface area (Å²) < 4.78 is 2.70. The summed E-state index contributed by atoms with van der Waals surface area (Å²) in [5, 5.41) is 9.13. The van der Waals surface area contributed by atoms with Gasteiger partial charge in [-0.1, -0.05) is 109 Å². The van der Waals surface area contributed by atoms with Crippen LogP contribution in [-0.4, -0.2) is 0 Å². The molecule has 7 aromatic rings. The molecule has 0 saturated heterocycles. The molecule has 0 aliphatic heterocycles. The van der Waals surface area contributed by atoms with E-state index in [1.54, 1.807) is 0 Å². The molecule has 0 atom stereocenters. The second-order valence-electron chi connectivity index (χ2n) is 9.73. The molecule has 1 aliphatic carbocycles. The molecule has 2 heteroatoms. The molecule has 0 spiro atoms. The van der Waals surface area contributed by atoms with E-state index in [1.807, 2.05) is 11.3 Å². The van der Waals surface area contributed by atoms with E-state index in [0.717, 1.165) is 6.54 Å². The molecule has 1 aromatic heterocycles. The summed E-state index contributed by atoms with van der Waals surface area (Å²) in [5.74, 6) is 0. The number of benzene rings is 6. The first-order chi connectivity index (χ1) is 18.4. The Morgan fingerprint density at radius 3 is 1.95 bits per heavy atom. The van der Waals surface area contributed by atoms with Crippen molar-refractivity contribution in [3.05, 3.63) is 127 Å². The van der Waals surface area contributed by atoms with Gasteiger partial charge in [0.05, 0.1) is 0 Å². The van der Waals surface area contributed by atoms with Gasteiger partial charge < -0.3 is 5.32 Å². The predicted molar refractivity (Wildman–Crippen MR) is 160 cm³/mol. The molecule has 1 N–H and O–H groups in total. The van der Waals surface area contributed by atoms with Crippen LogP contribution in [-0.2, 0) is 6.54 Å². The fourth-order valence-electron chi connectivity index (χ4n) is 6.05. The first-order valence-electron chi connectivity index (χ1n) is 12.7. The Balaban J connectivity index is 1.21. The van der Waals surface area contributed by atoms with Crippen molar-refractivity contribution in [3.63, 3.8) is 0 Å². The van der Waals surface area contributed by atoms with Crippen LogP contribution in [0.15, 0.2) is 121 Å². The molecule has 0 bridgehead atoms. The average molecular weight is 490 g/mol. The van der Waals surface area contributed by atoms with Crippen molar-refractivity contribution < 1.29 is 0 Å². The summed E-state index contributed by atoms with van der Waals surface area (Å²) in [6, 6.07) is 44.2. The van der Waals surface area contributed by atoms with E-state index in [2.05, 4.69) is 127 Å². The summed E-state index contributed by atoms with van der Waals surface area (Å²) in [5.41, 5.74) is 10.4. The third-order valence-electron chi connectivity index (χ3n) is 7.73. The quantitative estimate of drug-likeness (QED) is 0.259. The Kier molecular flexibility index (Phi) is 4.52. The SMILES string of the molecule is c1ccc(-c2cccc3c2sc2ccccc23)c(CNc2ccc3c4c(cccc24)-c2ccccc2-3)c1. The summed E-state index contributed by atoms with van der Waals surface area (Å²) in [7, 11) is 0. The summed E-state index contributed by atoms with van der Waals surface area (Å²) >= 11 is 1.89. The number of fused-ring (bicyclic) bond motifs is 6. The standard InChI is InChI=1S/C35H23NS/c1-2-10-23(29-15-8-16-30-26-13-5-6-18-33(26)37-35(29)30)22(9-1)21-36-32-20-19-28-25-12-4-3-11-24(25)27-14-7-17-31(32)34(27)28/h1-20,36H,21H2. The lowest BCUT2D eigenvalue weighted by atomic mass is 9.97. The topological polar surface area (TPSA) is 12.0 Å². The minimum atomic E-state index is 0.767. The number of nitrogens with one attached hydrogen (secondary N) is 1. The lowest BCUT2D eigenvalue weighted by Crippen LogP contribution is -2.02. The monoisotopic (exact) mass is 489 g/mol. The van der Waals surface area contributed by atoms with Crippen molar-refractivity contribution in [1.29, 1.82) is 0 Å². The van der Waals surface area contributed by atoms with Crippen molar-refractivity contribution in [2.24, 2.45) is 0 Å². The minimum Gasteiger partial charge on any atom is -0.380 e. The Bertz CT molecular complexity index is 1970. The smallest absolute Gasteiger partial charge is 0.0433 e. The zero-order valence-electron chi connectivity index (χ0n) is 20.2. The van der Waals surface area contributed by atoms with Gasteiger partial charge in [-0.05, 0) is 56.5 Å². The predicted octanol–water partition coefficient (Wildman–Crippen LogP) is 10.1. The molecule has 174 valence electrons. The minimum absolute atomic E-state index is 0.767. The van der Waals surface area contributed by atoms with Crippen LogP contribution in [0.25, 0.3) is 64.3 Å². The van der Waals surface area contributed by atoms with E-state index in [9.17, 15) is 0 Å². The molecular weight excluding hydrogens is 466 g/mol. The van der Waals surface area contributed by atoms with Crippen molar-refractivity contribution in [3.8, 4) is 33.4 Å². The highest BCUT2D eigenvalue weighted by molar-refractivity contribution is 7.26. The van der Waals surface area contributed by atoms with Crippen molar-refractivity contribution >= 4 is 48.0 Å². The fourth-order valence-corrected chi connectivity index (χ4v) is 7.28. The second kappa shape index (κ2) is 8.06. The Hall–Kier alpha value is -4.40. The van der Waals surface area contributed by atoms with E-state index in [0.29, 0.717) is 0 Å². The maximum Gasteiger partial charge on any atom is 0.0433 e. The number of hydrogen-bond donors (Lipinski definition) is 1. The molecule has 8 rings (SSSR count). The second-order valence-corrected chi connectivity index (χ2v) is 10.8. The van der Waals surface area contributed by atoms with Gasteiger partial charge in [-0.15, -0.1) is 11.3 Å². The van der Waals surface area contributed by atoms with Gasteiger partial charge in [0.2, 0.25) is 0 Å². The summed E-state index contributed by atoms with van der Waals surface area (Å²) in [4.78, 5) is 0. The summed E-state index contributed by atoms with van der Waals surface area (Å²) in [6.07, 6.45) is 0. The van der Waals surface area contributed by atoms with E-state index < -0.39 is 0 Å². The van der Waals surface area contributed by atoms with Crippen LogP contribution in [0.1, 0.15) is 5.56 Å². The van der Waals surface area contributed by atoms with Crippen LogP contribution in [0.4, 0.5) is 5.69 Å². The molecule has 6 aromatic carbocycles. The molecule has 1 nitrogen and oxygen atoms in total. The van der Waals surface area contributed by atoms with Crippen LogP contribution < -0.4 is 5.32 Å². The van der Waals surface area contributed by atoms with Crippen molar-refractivity contribution in [2.45, 2.75) is 6.54 Å². The summed E-state index contributed by atoms with van der Waals surface area (Å²) in [6.45, 7) is 0.767. The first-order valence-corrected chi connectivity index (χ1v) is 13.6. The van der Waals surface area contributed by atoms with E-state index in [4.69, 9.17) is 0 Å². The van der Waals surface area contributed by atoms with Gasteiger partial charge in [-0.3, -0.25) is 0 Å². The van der Waals surface area contributed by atoms with Gasteiger partial charge in [-0.25, -0.2) is 0 Å². The van der Waals surface area contributed by atoms with Crippen molar-refractivity contribution in [2.75, 3.05) is 5.32 Å². The third kappa shape index (κ3) is 3.09. The van der Waals surface area contributed by atoms with Crippen LogP contribution in [0.5, 0.6) is 0 Å². The fraction of sp³-hybridized carbons (Fsp3) is 0.0286. The van der Waals surface area contributed by atoms with Crippen LogP contribution in [0.2, 0.25) is 0 Å². The van der Waals surface area contributed by atoms with E-state index in [-0.39, 0.29) is 0 Å². The largest absolute Gasteiger partial charge is 0.380 e. The molecule has 0 unspecified atom stereocenters. The first kappa shape index (κ1) is 20.8. The van der Waals surface area contributed by atoms with Gasteiger partial charge in [0.25, 0.3) is 0 Å². The number of anilines is 1. The molecule has 0 fully saturated rings. The lowest BCUT2D eigenvalue weighted by molar-refractivity contribution is 1.16. The number of thiophene rings is 1. The zero-order chi connectivity index (χ0) is 24.3. The molecule has 0 radical (unpaired) electrons. The highest BCUT2D eigenvalue weighted by atomic mass is 32.1. The molecule has 37 heavy (non-hydrogen) atoms. The molecule has 0 saturated carbocycles. The van der Waals surface area contributed by atoms with E-state index >= 15 is 0 Å². The number of hydrogen-bond acceptors (Lipinski definition) is 2. The molecular formula is C35H23NS.